The summed E-state index contributed by atoms with van der Waals surface area (Å²) in [5, 5.41) is 6.50. The lowest BCUT2D eigenvalue weighted by atomic mass is 10.2. The fourth-order valence-corrected chi connectivity index (χ4v) is 3.02. The van der Waals surface area contributed by atoms with E-state index in [0.717, 1.165) is 11.0 Å². The van der Waals surface area contributed by atoms with E-state index in [-0.39, 0.29) is 5.76 Å². The molecule has 2 heterocycles. The zero-order valence-electron chi connectivity index (χ0n) is 13.6. The topological polar surface area (TPSA) is 60.1 Å². The van der Waals surface area contributed by atoms with Crippen LogP contribution in [0.5, 0.6) is 0 Å². The second-order valence-electron chi connectivity index (χ2n) is 5.41. The van der Waals surface area contributed by atoms with Gasteiger partial charge in [-0.05, 0) is 25.1 Å². The van der Waals surface area contributed by atoms with Gasteiger partial charge in [0.15, 0.2) is 0 Å². The van der Waals surface area contributed by atoms with Gasteiger partial charge in [-0.1, -0.05) is 18.2 Å². The normalized spacial score (nSPS) is 11.5. The van der Waals surface area contributed by atoms with Crippen LogP contribution in [0.3, 0.4) is 0 Å². The maximum atomic E-state index is 12.9. The lowest BCUT2D eigenvalue weighted by molar-refractivity contribution is -0.153. The number of nitrogens with zero attached hydrogens (tertiary/aromatic N) is 2. The summed E-state index contributed by atoms with van der Waals surface area (Å²) in [7, 11) is 0. The summed E-state index contributed by atoms with van der Waals surface area (Å²) in [5.41, 5.74) is -0.253. The molecule has 26 heavy (non-hydrogen) atoms. The molecule has 9 heteroatoms. The number of thioether (sulfide) groups is 1. The minimum absolute atomic E-state index is 0.0115. The highest BCUT2D eigenvalue weighted by Crippen LogP contribution is 2.34. The highest BCUT2D eigenvalue weighted by Gasteiger charge is 2.40. The van der Waals surface area contributed by atoms with E-state index < -0.39 is 23.4 Å². The predicted molar refractivity (Wildman–Crippen MR) is 90.9 cm³/mol. The number of anilines is 1. The van der Waals surface area contributed by atoms with Crippen molar-refractivity contribution in [3.8, 4) is 0 Å². The number of furan rings is 1. The molecule has 3 aromatic rings. The number of hydrogen-bond donors (Lipinski definition) is 1. The van der Waals surface area contributed by atoms with Gasteiger partial charge in [0.25, 0.3) is 5.91 Å². The molecule has 0 unspecified atom stereocenters. The van der Waals surface area contributed by atoms with Gasteiger partial charge >= 0.3 is 6.18 Å². The number of hydrogen-bond acceptors (Lipinski definition) is 4. The Hall–Kier alpha value is -2.68. The monoisotopic (exact) mass is 381 g/mol. The molecule has 0 aliphatic carbocycles. The highest BCUT2D eigenvalue weighted by molar-refractivity contribution is 7.98. The number of carbonyl (C=O) groups excluding carboxylic acids is 1. The summed E-state index contributed by atoms with van der Waals surface area (Å²) in [5.74, 6) is -1.69. The molecular formula is C17H14F3N3O2S. The van der Waals surface area contributed by atoms with Crippen molar-refractivity contribution in [2.45, 2.75) is 23.9 Å². The lowest BCUT2D eigenvalue weighted by Crippen LogP contribution is -2.16. The molecule has 1 amide bonds. The van der Waals surface area contributed by atoms with Gasteiger partial charge in [-0.3, -0.25) is 9.48 Å². The van der Waals surface area contributed by atoms with Gasteiger partial charge in [0.05, 0.1) is 23.3 Å². The Balaban J connectivity index is 1.67. The molecule has 5 nitrogen and oxygen atoms in total. The zero-order chi connectivity index (χ0) is 18.7. The molecule has 0 spiro atoms. The molecule has 0 fully saturated rings. The fourth-order valence-electron chi connectivity index (χ4n) is 2.25. The van der Waals surface area contributed by atoms with Crippen molar-refractivity contribution < 1.29 is 22.4 Å². The van der Waals surface area contributed by atoms with Crippen molar-refractivity contribution in [1.82, 2.24) is 9.78 Å². The molecule has 136 valence electrons. The van der Waals surface area contributed by atoms with Crippen LogP contribution < -0.4 is 5.32 Å². The van der Waals surface area contributed by atoms with Crippen molar-refractivity contribution in [2.24, 2.45) is 0 Å². The Bertz CT molecular complexity index is 904. The highest BCUT2D eigenvalue weighted by atomic mass is 32.2. The average molecular weight is 381 g/mol. The van der Waals surface area contributed by atoms with E-state index in [1.165, 1.54) is 24.9 Å². The Labute approximate surface area is 151 Å². The van der Waals surface area contributed by atoms with Crippen LogP contribution in [0.25, 0.3) is 0 Å². The van der Waals surface area contributed by atoms with E-state index in [9.17, 15) is 18.0 Å². The van der Waals surface area contributed by atoms with Gasteiger partial charge in [-0.25, -0.2) is 0 Å². The smallest absolute Gasteiger partial charge is 0.450 e. The molecule has 3 rings (SSSR count). The Kier molecular flexibility index (Phi) is 5.08. The molecule has 1 N–H and O–H groups in total. The molecule has 0 bridgehead atoms. The van der Waals surface area contributed by atoms with Crippen molar-refractivity contribution in [3.63, 3.8) is 0 Å². The number of benzene rings is 1. The van der Waals surface area contributed by atoms with Gasteiger partial charge in [-0.15, -0.1) is 11.8 Å². The largest absolute Gasteiger partial charge is 0.456 e. The van der Waals surface area contributed by atoms with Gasteiger partial charge in [-0.2, -0.15) is 18.3 Å². The minimum Gasteiger partial charge on any atom is -0.456 e. The van der Waals surface area contributed by atoms with Gasteiger partial charge in [0, 0.05) is 11.1 Å². The summed E-state index contributed by atoms with van der Waals surface area (Å²) in [6.45, 7) is 1.35. The number of nitrogens with one attached hydrogen (secondary N) is 1. The molecule has 0 aliphatic heterocycles. The molecular weight excluding hydrogens is 367 g/mol. The van der Waals surface area contributed by atoms with Crippen molar-refractivity contribution in [1.29, 1.82) is 0 Å². The van der Waals surface area contributed by atoms with Crippen LogP contribution in [0.4, 0.5) is 18.9 Å². The van der Waals surface area contributed by atoms with Crippen molar-refractivity contribution in [2.75, 3.05) is 5.32 Å². The number of amides is 1. The fraction of sp³-hybridized carbons (Fsp3) is 0.176. The van der Waals surface area contributed by atoms with Crippen molar-refractivity contribution >= 4 is 23.4 Å². The first-order chi connectivity index (χ1) is 12.3. The van der Waals surface area contributed by atoms with E-state index in [0.29, 0.717) is 11.6 Å². The van der Waals surface area contributed by atoms with Gasteiger partial charge in [0.1, 0.15) is 5.76 Å². The third-order valence-electron chi connectivity index (χ3n) is 3.36. The SMILES string of the molecule is Cc1cc(C(=O)Nc2cnn(CSc3ccccc3)c2)c(C(F)(F)F)o1. The van der Waals surface area contributed by atoms with Crippen LogP contribution in [0, 0.1) is 6.92 Å². The molecule has 0 aliphatic rings. The summed E-state index contributed by atoms with van der Waals surface area (Å²) in [6.07, 6.45) is -1.81. The first-order valence-corrected chi connectivity index (χ1v) is 8.51. The third kappa shape index (κ3) is 4.29. The van der Waals surface area contributed by atoms with Gasteiger partial charge < -0.3 is 9.73 Å². The average Bonchev–Trinajstić information content (AvgIpc) is 3.20. The van der Waals surface area contributed by atoms with Crippen LogP contribution in [0.1, 0.15) is 21.9 Å². The number of alkyl halides is 3. The van der Waals surface area contributed by atoms with E-state index in [1.807, 2.05) is 30.3 Å². The van der Waals surface area contributed by atoms with Crippen LogP contribution in [0.15, 0.2) is 58.1 Å². The molecule has 1 aromatic carbocycles. The van der Waals surface area contributed by atoms with Crippen molar-refractivity contribution in [3.05, 3.63) is 65.9 Å². The summed E-state index contributed by atoms with van der Waals surface area (Å²) in [4.78, 5) is 13.2. The predicted octanol–water partition coefficient (Wildman–Crippen LogP) is 4.81. The van der Waals surface area contributed by atoms with Crippen LogP contribution in [0.2, 0.25) is 0 Å². The maximum absolute atomic E-state index is 12.9. The lowest BCUT2D eigenvalue weighted by Gasteiger charge is -2.06. The van der Waals surface area contributed by atoms with E-state index >= 15 is 0 Å². The molecule has 0 saturated carbocycles. The molecule has 0 atom stereocenters. The molecule has 0 radical (unpaired) electrons. The number of halogens is 3. The van der Waals surface area contributed by atoms with Crippen LogP contribution >= 0.6 is 11.8 Å². The van der Waals surface area contributed by atoms with Gasteiger partial charge in [0.2, 0.25) is 5.76 Å². The van der Waals surface area contributed by atoms with E-state index in [2.05, 4.69) is 14.8 Å². The quantitative estimate of drug-likeness (QED) is 0.645. The first-order valence-electron chi connectivity index (χ1n) is 7.52. The molecule has 2 aromatic heterocycles. The molecule has 0 saturated heterocycles. The third-order valence-corrected chi connectivity index (χ3v) is 4.35. The second kappa shape index (κ2) is 7.28. The summed E-state index contributed by atoms with van der Waals surface area (Å²) < 4.78 is 45.0. The van der Waals surface area contributed by atoms with E-state index in [4.69, 9.17) is 0 Å². The summed E-state index contributed by atoms with van der Waals surface area (Å²) >= 11 is 1.54. The first kappa shape index (κ1) is 18.1. The number of carbonyl (C=O) groups is 1. The van der Waals surface area contributed by atoms with E-state index in [1.54, 1.807) is 10.9 Å². The number of aryl methyl sites for hydroxylation is 1. The maximum Gasteiger partial charge on any atom is 0.450 e. The standard InChI is InChI=1S/C17H14F3N3O2S/c1-11-7-14(15(25-11)17(18,19)20)16(24)22-12-8-21-23(9-12)10-26-13-5-3-2-4-6-13/h2-9H,10H2,1H3,(H,22,24). The second-order valence-corrected chi connectivity index (χ2v) is 6.42. The van der Waals surface area contributed by atoms with Crippen LogP contribution in [-0.2, 0) is 12.1 Å². The number of aromatic nitrogens is 2. The zero-order valence-corrected chi connectivity index (χ0v) is 14.4. The summed E-state index contributed by atoms with van der Waals surface area (Å²) in [6, 6.07) is 10.7. The Morgan fingerprint density at radius 3 is 2.73 bits per heavy atom. The Morgan fingerprint density at radius 2 is 2.04 bits per heavy atom. The minimum atomic E-state index is -4.74. The van der Waals surface area contributed by atoms with Crippen LogP contribution in [-0.4, -0.2) is 15.7 Å². The number of rotatable bonds is 5. The Morgan fingerprint density at radius 1 is 1.31 bits per heavy atom.